The standard InChI is InChI=1S/C18H16O2/c19-16-11-18(20-17-7-2-1-6-15(16)17)14-5-3-4-13(10-14)12-8-9-12/h1-7,10,12,18H,8-9,11H2. The lowest BCUT2D eigenvalue weighted by molar-refractivity contribution is 0.0850. The summed E-state index contributed by atoms with van der Waals surface area (Å²) in [6.07, 6.45) is 2.87. The Morgan fingerprint density at radius 2 is 1.75 bits per heavy atom. The van der Waals surface area contributed by atoms with Gasteiger partial charge in [0.15, 0.2) is 5.78 Å². The van der Waals surface area contributed by atoms with Crippen molar-refractivity contribution in [1.82, 2.24) is 0 Å². The molecule has 1 heterocycles. The second kappa shape index (κ2) is 4.48. The van der Waals surface area contributed by atoms with Gasteiger partial charge in [0.25, 0.3) is 0 Å². The highest BCUT2D eigenvalue weighted by Gasteiger charge is 2.29. The topological polar surface area (TPSA) is 26.3 Å². The molecule has 0 radical (unpaired) electrons. The van der Waals surface area contributed by atoms with E-state index in [1.807, 2.05) is 24.3 Å². The Kier molecular flexibility index (Phi) is 2.62. The smallest absolute Gasteiger partial charge is 0.170 e. The first-order chi connectivity index (χ1) is 9.81. The second-order valence-electron chi connectivity index (χ2n) is 5.67. The van der Waals surface area contributed by atoms with Gasteiger partial charge in [-0.2, -0.15) is 0 Å². The van der Waals surface area contributed by atoms with Crippen molar-refractivity contribution >= 4 is 5.78 Å². The highest BCUT2D eigenvalue weighted by Crippen LogP contribution is 2.41. The number of ketones is 1. The molecule has 2 aliphatic rings. The van der Waals surface area contributed by atoms with Crippen LogP contribution in [0.15, 0.2) is 48.5 Å². The summed E-state index contributed by atoms with van der Waals surface area (Å²) >= 11 is 0. The molecule has 0 spiro atoms. The van der Waals surface area contributed by atoms with Gasteiger partial charge in [-0.15, -0.1) is 0 Å². The predicted octanol–water partition coefficient (Wildman–Crippen LogP) is 4.27. The van der Waals surface area contributed by atoms with Crippen molar-refractivity contribution in [2.45, 2.75) is 31.3 Å². The van der Waals surface area contributed by atoms with E-state index in [1.165, 1.54) is 18.4 Å². The maximum absolute atomic E-state index is 12.2. The largest absolute Gasteiger partial charge is 0.484 e. The molecule has 2 aromatic carbocycles. The molecule has 4 rings (SSSR count). The highest BCUT2D eigenvalue weighted by atomic mass is 16.5. The number of carbonyl (C=O) groups is 1. The second-order valence-corrected chi connectivity index (χ2v) is 5.67. The summed E-state index contributed by atoms with van der Waals surface area (Å²) in [6, 6.07) is 16.1. The van der Waals surface area contributed by atoms with Crippen molar-refractivity contribution in [2.24, 2.45) is 0 Å². The van der Waals surface area contributed by atoms with E-state index in [9.17, 15) is 4.79 Å². The fourth-order valence-corrected chi connectivity index (χ4v) is 2.89. The summed E-state index contributed by atoms with van der Waals surface area (Å²) < 4.78 is 6.02. The number of ether oxygens (including phenoxy) is 1. The molecule has 1 aliphatic heterocycles. The van der Waals surface area contributed by atoms with E-state index in [1.54, 1.807) is 0 Å². The van der Waals surface area contributed by atoms with Gasteiger partial charge in [-0.3, -0.25) is 4.79 Å². The molecule has 2 nitrogen and oxygen atoms in total. The average Bonchev–Trinajstić information content (AvgIpc) is 3.32. The lowest BCUT2D eigenvalue weighted by Crippen LogP contribution is -2.20. The Morgan fingerprint density at radius 3 is 2.60 bits per heavy atom. The van der Waals surface area contributed by atoms with Crippen LogP contribution in [0.3, 0.4) is 0 Å². The van der Waals surface area contributed by atoms with E-state index in [0.29, 0.717) is 17.7 Å². The summed E-state index contributed by atoms with van der Waals surface area (Å²) in [5.74, 6) is 1.61. The first-order valence-corrected chi connectivity index (χ1v) is 7.20. The minimum atomic E-state index is -0.143. The van der Waals surface area contributed by atoms with Crippen LogP contribution in [0.1, 0.15) is 52.8 Å². The molecule has 0 saturated heterocycles. The van der Waals surface area contributed by atoms with Gasteiger partial charge in [0, 0.05) is 0 Å². The molecule has 1 unspecified atom stereocenters. The minimum Gasteiger partial charge on any atom is -0.484 e. The summed E-state index contributed by atoms with van der Waals surface area (Å²) in [5, 5.41) is 0. The Morgan fingerprint density at radius 1 is 0.950 bits per heavy atom. The van der Waals surface area contributed by atoms with Crippen LogP contribution in [0.4, 0.5) is 0 Å². The molecular formula is C18H16O2. The molecular weight excluding hydrogens is 248 g/mol. The number of para-hydroxylation sites is 1. The van der Waals surface area contributed by atoms with Gasteiger partial charge in [-0.05, 0) is 42.0 Å². The van der Waals surface area contributed by atoms with E-state index in [2.05, 4.69) is 24.3 Å². The molecule has 1 saturated carbocycles. The van der Waals surface area contributed by atoms with Crippen LogP contribution in [-0.2, 0) is 0 Å². The number of Topliss-reactive ketones (excluding diaryl/α,β-unsaturated/α-hetero) is 1. The number of benzene rings is 2. The SMILES string of the molecule is O=C1CC(c2cccc(C3CC3)c2)Oc2ccccc21. The van der Waals surface area contributed by atoms with E-state index >= 15 is 0 Å². The zero-order valence-corrected chi connectivity index (χ0v) is 11.2. The van der Waals surface area contributed by atoms with Crippen LogP contribution in [0.2, 0.25) is 0 Å². The highest BCUT2D eigenvalue weighted by molar-refractivity contribution is 5.99. The van der Waals surface area contributed by atoms with Gasteiger partial charge in [-0.1, -0.05) is 36.4 Å². The molecule has 0 N–H and O–H groups in total. The van der Waals surface area contributed by atoms with Crippen molar-refractivity contribution in [1.29, 1.82) is 0 Å². The van der Waals surface area contributed by atoms with E-state index in [-0.39, 0.29) is 11.9 Å². The number of fused-ring (bicyclic) bond motifs is 1. The normalized spacial score (nSPS) is 21.2. The fourth-order valence-electron chi connectivity index (χ4n) is 2.89. The van der Waals surface area contributed by atoms with Crippen LogP contribution < -0.4 is 4.74 Å². The number of rotatable bonds is 2. The summed E-state index contributed by atoms with van der Waals surface area (Å²) in [7, 11) is 0. The number of hydrogen-bond acceptors (Lipinski definition) is 2. The van der Waals surface area contributed by atoms with Gasteiger partial charge in [0.05, 0.1) is 12.0 Å². The maximum Gasteiger partial charge on any atom is 0.170 e. The molecule has 0 amide bonds. The van der Waals surface area contributed by atoms with Gasteiger partial charge >= 0.3 is 0 Å². The average molecular weight is 264 g/mol. The monoisotopic (exact) mass is 264 g/mol. The zero-order chi connectivity index (χ0) is 13.5. The molecule has 2 aromatic rings. The summed E-state index contributed by atoms with van der Waals surface area (Å²) in [4.78, 5) is 12.2. The minimum absolute atomic E-state index is 0.143. The fraction of sp³-hybridized carbons (Fsp3) is 0.278. The third-order valence-electron chi connectivity index (χ3n) is 4.16. The van der Waals surface area contributed by atoms with Gasteiger partial charge in [-0.25, -0.2) is 0 Å². The third-order valence-corrected chi connectivity index (χ3v) is 4.16. The van der Waals surface area contributed by atoms with E-state index in [4.69, 9.17) is 4.74 Å². The van der Waals surface area contributed by atoms with Gasteiger partial charge in [0.2, 0.25) is 0 Å². The Labute approximate surface area is 118 Å². The van der Waals surface area contributed by atoms with Crippen LogP contribution in [0, 0.1) is 0 Å². The van der Waals surface area contributed by atoms with E-state index < -0.39 is 0 Å². The molecule has 1 fully saturated rings. The molecule has 1 atom stereocenters. The van der Waals surface area contributed by atoms with Crippen molar-refractivity contribution in [3.05, 3.63) is 65.2 Å². The lowest BCUT2D eigenvalue weighted by Gasteiger charge is -2.25. The molecule has 0 aromatic heterocycles. The molecule has 2 heteroatoms. The van der Waals surface area contributed by atoms with Crippen LogP contribution in [0.25, 0.3) is 0 Å². The number of hydrogen-bond donors (Lipinski definition) is 0. The lowest BCUT2D eigenvalue weighted by atomic mass is 9.95. The van der Waals surface area contributed by atoms with Crippen molar-refractivity contribution in [3.8, 4) is 5.75 Å². The van der Waals surface area contributed by atoms with Gasteiger partial charge in [0.1, 0.15) is 11.9 Å². The molecule has 0 bridgehead atoms. The molecule has 20 heavy (non-hydrogen) atoms. The third kappa shape index (κ3) is 2.01. The molecule has 100 valence electrons. The summed E-state index contributed by atoms with van der Waals surface area (Å²) in [5.41, 5.74) is 3.22. The Hall–Kier alpha value is -2.09. The van der Waals surface area contributed by atoms with Crippen LogP contribution in [-0.4, -0.2) is 5.78 Å². The zero-order valence-electron chi connectivity index (χ0n) is 11.2. The maximum atomic E-state index is 12.2. The summed E-state index contributed by atoms with van der Waals surface area (Å²) in [6.45, 7) is 0. The molecule has 1 aliphatic carbocycles. The van der Waals surface area contributed by atoms with Crippen LogP contribution in [0.5, 0.6) is 5.75 Å². The van der Waals surface area contributed by atoms with Crippen molar-refractivity contribution in [2.75, 3.05) is 0 Å². The first kappa shape index (κ1) is 11.7. The quantitative estimate of drug-likeness (QED) is 0.809. The van der Waals surface area contributed by atoms with Crippen molar-refractivity contribution in [3.63, 3.8) is 0 Å². The Balaban J connectivity index is 1.67. The van der Waals surface area contributed by atoms with E-state index in [0.717, 1.165) is 11.5 Å². The first-order valence-electron chi connectivity index (χ1n) is 7.20. The van der Waals surface area contributed by atoms with Crippen molar-refractivity contribution < 1.29 is 9.53 Å². The predicted molar refractivity (Wildman–Crippen MR) is 77.2 cm³/mol. The Bertz CT molecular complexity index is 671. The van der Waals surface area contributed by atoms with Gasteiger partial charge < -0.3 is 4.74 Å². The van der Waals surface area contributed by atoms with Crippen LogP contribution >= 0.6 is 0 Å². The number of carbonyl (C=O) groups excluding carboxylic acids is 1.